The zero-order valence-corrected chi connectivity index (χ0v) is 14.6. The number of alkyl halides is 5. The van der Waals surface area contributed by atoms with Gasteiger partial charge >= 0.3 is 12.3 Å². The van der Waals surface area contributed by atoms with Crippen LogP contribution in [0, 0.1) is 0 Å². The molecule has 28 heavy (non-hydrogen) atoms. The summed E-state index contributed by atoms with van der Waals surface area (Å²) in [5.41, 5.74) is 0.669. The van der Waals surface area contributed by atoms with Crippen molar-refractivity contribution in [3.05, 3.63) is 36.5 Å². The van der Waals surface area contributed by atoms with E-state index in [-0.39, 0.29) is 23.8 Å². The van der Waals surface area contributed by atoms with E-state index in [1.807, 2.05) is 0 Å². The lowest BCUT2D eigenvalue weighted by atomic mass is 10.2. The third kappa shape index (κ3) is 4.01. The van der Waals surface area contributed by atoms with Crippen LogP contribution in [0.5, 0.6) is 5.88 Å². The van der Waals surface area contributed by atoms with Crippen molar-refractivity contribution in [3.8, 4) is 17.1 Å². The molecule has 3 heterocycles. The van der Waals surface area contributed by atoms with E-state index in [0.717, 1.165) is 11.3 Å². The maximum atomic E-state index is 14.0. The molecule has 12 heteroatoms. The van der Waals surface area contributed by atoms with Crippen molar-refractivity contribution in [2.45, 2.75) is 32.2 Å². The minimum absolute atomic E-state index is 0.0741. The maximum absolute atomic E-state index is 14.0. The van der Waals surface area contributed by atoms with E-state index in [1.165, 1.54) is 37.6 Å². The smallest absolute Gasteiger partial charge is 0.425 e. The molecule has 3 aromatic heterocycles. The lowest BCUT2D eigenvalue weighted by molar-refractivity contribution is -0.251. The van der Waals surface area contributed by atoms with E-state index < -0.39 is 24.2 Å². The molecule has 1 unspecified atom stereocenters. The molecular formula is C16H14F5N5O2. The summed E-state index contributed by atoms with van der Waals surface area (Å²) in [5.74, 6) is -0.956. The van der Waals surface area contributed by atoms with Gasteiger partial charge in [-0.2, -0.15) is 22.0 Å². The Morgan fingerprint density at radius 1 is 1.07 bits per heavy atom. The lowest BCUT2D eigenvalue weighted by Gasteiger charge is -2.16. The van der Waals surface area contributed by atoms with Crippen LogP contribution < -0.4 is 4.74 Å². The molecule has 0 aliphatic rings. The van der Waals surface area contributed by atoms with Gasteiger partial charge in [0, 0.05) is 24.0 Å². The van der Waals surface area contributed by atoms with Crippen LogP contribution in [0.3, 0.4) is 0 Å². The Hall–Kier alpha value is -2.89. The first kappa shape index (κ1) is 19.9. The molecule has 0 aliphatic heterocycles. The molecule has 0 radical (unpaired) electrons. The normalized spacial score (nSPS) is 13.7. The molecule has 0 bridgehead atoms. The van der Waals surface area contributed by atoms with Crippen molar-refractivity contribution in [1.29, 1.82) is 0 Å². The van der Waals surface area contributed by atoms with Gasteiger partial charge in [-0.25, -0.2) is 4.98 Å². The van der Waals surface area contributed by atoms with Crippen LogP contribution in [0.15, 0.2) is 30.7 Å². The SMILES string of the molecule is CCOC(F)(F)c1nnc2cnc(-c3ccc(OC(C)C(F)(F)F)nc3)cn12. The highest BCUT2D eigenvalue weighted by Crippen LogP contribution is 2.29. The number of fused-ring (bicyclic) bond motifs is 1. The minimum atomic E-state index is -4.52. The highest BCUT2D eigenvalue weighted by molar-refractivity contribution is 5.59. The van der Waals surface area contributed by atoms with Gasteiger partial charge in [-0.1, -0.05) is 0 Å². The molecular weight excluding hydrogens is 389 g/mol. The van der Waals surface area contributed by atoms with Gasteiger partial charge in [-0.3, -0.25) is 9.38 Å². The molecule has 0 aromatic carbocycles. The largest absolute Gasteiger partial charge is 0.465 e. The average Bonchev–Trinajstić information content (AvgIpc) is 3.05. The highest BCUT2D eigenvalue weighted by Gasteiger charge is 2.39. The minimum Gasteiger partial charge on any atom is -0.465 e. The Labute approximate surface area is 155 Å². The van der Waals surface area contributed by atoms with Crippen LogP contribution in [0.1, 0.15) is 19.7 Å². The monoisotopic (exact) mass is 403 g/mol. The number of rotatable bonds is 6. The van der Waals surface area contributed by atoms with E-state index in [4.69, 9.17) is 4.74 Å². The number of halogens is 5. The summed E-state index contributed by atoms with van der Waals surface area (Å²) in [6.45, 7) is 2.04. The molecule has 0 N–H and O–H groups in total. The molecule has 7 nitrogen and oxygen atoms in total. The predicted octanol–water partition coefficient (Wildman–Crippen LogP) is 3.60. The van der Waals surface area contributed by atoms with Gasteiger partial charge in [-0.05, 0) is 19.9 Å². The summed E-state index contributed by atoms with van der Waals surface area (Å²) in [6.07, 6.45) is -6.50. The molecule has 1 atom stereocenters. The topological polar surface area (TPSA) is 74.4 Å². The molecule has 0 amide bonds. The summed E-state index contributed by atoms with van der Waals surface area (Å²) < 4.78 is 75.8. The maximum Gasteiger partial charge on any atom is 0.425 e. The molecule has 0 aliphatic carbocycles. The summed E-state index contributed by atoms with van der Waals surface area (Å²) in [7, 11) is 0. The van der Waals surface area contributed by atoms with Gasteiger partial charge in [0.1, 0.15) is 0 Å². The first-order valence-corrected chi connectivity index (χ1v) is 8.04. The molecule has 0 spiro atoms. The fourth-order valence-corrected chi connectivity index (χ4v) is 2.24. The Bertz CT molecular complexity index is 958. The number of ether oxygens (including phenoxy) is 2. The second-order valence-electron chi connectivity index (χ2n) is 5.66. The number of aromatic nitrogens is 5. The van der Waals surface area contributed by atoms with E-state index >= 15 is 0 Å². The van der Waals surface area contributed by atoms with Crippen LogP contribution >= 0.6 is 0 Å². The zero-order chi connectivity index (χ0) is 20.5. The van der Waals surface area contributed by atoms with Gasteiger partial charge in [0.15, 0.2) is 11.8 Å². The van der Waals surface area contributed by atoms with Gasteiger partial charge in [0.2, 0.25) is 11.7 Å². The van der Waals surface area contributed by atoms with E-state index in [9.17, 15) is 22.0 Å². The summed E-state index contributed by atoms with van der Waals surface area (Å²) >= 11 is 0. The standard InChI is InChI=1S/C16H14F5N5O2/c1-3-27-16(20,21)14-25-24-12-7-22-11(8-26(12)14)10-4-5-13(23-6-10)28-9(2)15(17,18)19/h4-9H,3H2,1-2H3. The zero-order valence-electron chi connectivity index (χ0n) is 14.6. The Morgan fingerprint density at radius 3 is 2.43 bits per heavy atom. The van der Waals surface area contributed by atoms with E-state index in [2.05, 4.69) is 24.9 Å². The van der Waals surface area contributed by atoms with Crippen LogP contribution in [-0.4, -0.2) is 43.5 Å². The summed E-state index contributed by atoms with van der Waals surface area (Å²) in [5, 5.41) is 7.07. The molecule has 0 saturated carbocycles. The van der Waals surface area contributed by atoms with E-state index in [1.54, 1.807) is 0 Å². The van der Waals surface area contributed by atoms with Gasteiger partial charge < -0.3 is 9.47 Å². The fourth-order valence-electron chi connectivity index (χ4n) is 2.24. The Kier molecular flexibility index (Phi) is 5.15. The first-order chi connectivity index (χ1) is 13.1. The number of hydrogen-bond donors (Lipinski definition) is 0. The second kappa shape index (κ2) is 7.26. The number of nitrogens with zero attached hydrogens (tertiary/aromatic N) is 5. The predicted molar refractivity (Wildman–Crippen MR) is 85.7 cm³/mol. The van der Waals surface area contributed by atoms with Crippen LogP contribution in [0.4, 0.5) is 22.0 Å². The molecule has 0 saturated heterocycles. The van der Waals surface area contributed by atoms with Crippen LogP contribution in [-0.2, 0) is 10.8 Å². The van der Waals surface area contributed by atoms with Gasteiger partial charge in [0.25, 0.3) is 0 Å². The van der Waals surface area contributed by atoms with Crippen molar-refractivity contribution in [2.75, 3.05) is 6.61 Å². The Morgan fingerprint density at radius 2 is 1.82 bits per heavy atom. The summed E-state index contributed by atoms with van der Waals surface area (Å²) in [6, 6.07) is 2.63. The van der Waals surface area contributed by atoms with Crippen molar-refractivity contribution < 1.29 is 31.4 Å². The van der Waals surface area contributed by atoms with Gasteiger partial charge in [-0.15, -0.1) is 10.2 Å². The Balaban J connectivity index is 1.89. The van der Waals surface area contributed by atoms with E-state index in [0.29, 0.717) is 5.56 Å². The van der Waals surface area contributed by atoms with Gasteiger partial charge in [0.05, 0.1) is 18.5 Å². The fraction of sp³-hybridized carbons (Fsp3) is 0.375. The van der Waals surface area contributed by atoms with Crippen molar-refractivity contribution in [3.63, 3.8) is 0 Å². The number of pyridine rings is 1. The number of hydrogen-bond acceptors (Lipinski definition) is 6. The third-order valence-corrected chi connectivity index (χ3v) is 3.67. The first-order valence-electron chi connectivity index (χ1n) is 8.04. The molecule has 3 rings (SSSR count). The third-order valence-electron chi connectivity index (χ3n) is 3.67. The molecule has 3 aromatic rings. The highest BCUT2D eigenvalue weighted by atomic mass is 19.4. The second-order valence-corrected chi connectivity index (χ2v) is 5.66. The average molecular weight is 403 g/mol. The van der Waals surface area contributed by atoms with Crippen molar-refractivity contribution in [2.24, 2.45) is 0 Å². The van der Waals surface area contributed by atoms with Crippen LogP contribution in [0.2, 0.25) is 0 Å². The quantitative estimate of drug-likeness (QED) is 0.586. The summed E-state index contributed by atoms with van der Waals surface area (Å²) in [4.78, 5) is 7.88. The lowest BCUT2D eigenvalue weighted by Crippen LogP contribution is -2.31. The van der Waals surface area contributed by atoms with Crippen molar-refractivity contribution in [1.82, 2.24) is 24.6 Å². The van der Waals surface area contributed by atoms with Crippen LogP contribution in [0.25, 0.3) is 16.9 Å². The molecule has 0 fully saturated rings. The molecule has 150 valence electrons. The van der Waals surface area contributed by atoms with Crippen molar-refractivity contribution >= 4 is 5.65 Å².